The third kappa shape index (κ3) is 3.67. The molecule has 8 heteroatoms. The first kappa shape index (κ1) is 17.6. The molecule has 1 aliphatic rings. The zero-order valence-electron chi connectivity index (χ0n) is 14.0. The van der Waals surface area contributed by atoms with Crippen molar-refractivity contribution in [2.24, 2.45) is 0 Å². The molecule has 4 rings (SSSR count). The van der Waals surface area contributed by atoms with Crippen LogP contribution >= 0.6 is 33.9 Å². The highest BCUT2D eigenvalue weighted by Crippen LogP contribution is 2.13. The Bertz CT molecular complexity index is 990. The van der Waals surface area contributed by atoms with Gasteiger partial charge in [-0.3, -0.25) is 18.9 Å². The van der Waals surface area contributed by atoms with Gasteiger partial charge in [0, 0.05) is 59.5 Å². The molecule has 0 aliphatic carbocycles. The maximum atomic E-state index is 12.6. The summed E-state index contributed by atoms with van der Waals surface area (Å²) in [5.41, 5.74) is 1.48. The third-order valence-corrected chi connectivity index (χ3v) is 5.97. The quantitative estimate of drug-likeness (QED) is 0.541. The highest BCUT2D eigenvalue weighted by atomic mass is 127. The number of hydrogen-bond donors (Lipinski definition) is 0. The molecule has 1 fully saturated rings. The molecule has 0 saturated carbocycles. The molecule has 1 aromatic carbocycles. The van der Waals surface area contributed by atoms with Crippen LogP contribution in [0.2, 0.25) is 0 Å². The lowest BCUT2D eigenvalue weighted by Crippen LogP contribution is -2.48. The van der Waals surface area contributed by atoms with Gasteiger partial charge in [0.25, 0.3) is 11.5 Å². The van der Waals surface area contributed by atoms with Crippen molar-refractivity contribution in [1.82, 2.24) is 19.2 Å². The average Bonchev–Trinajstić information content (AvgIpc) is 3.12. The molecule has 0 atom stereocenters. The second-order valence-corrected chi connectivity index (χ2v) is 8.34. The molecule has 26 heavy (non-hydrogen) atoms. The number of aromatic nitrogens is 2. The van der Waals surface area contributed by atoms with Crippen molar-refractivity contribution in [2.45, 2.75) is 6.54 Å². The van der Waals surface area contributed by atoms with Crippen molar-refractivity contribution in [2.75, 3.05) is 26.2 Å². The first-order valence-electron chi connectivity index (χ1n) is 8.33. The van der Waals surface area contributed by atoms with E-state index < -0.39 is 0 Å². The molecular weight excluding hydrogens is 463 g/mol. The summed E-state index contributed by atoms with van der Waals surface area (Å²) >= 11 is 3.69. The van der Waals surface area contributed by atoms with Crippen LogP contribution in [0, 0.1) is 3.57 Å². The number of piperazine rings is 1. The second-order valence-electron chi connectivity index (χ2n) is 6.22. The monoisotopic (exact) mass is 480 g/mol. The van der Waals surface area contributed by atoms with Gasteiger partial charge in [-0.15, -0.1) is 11.3 Å². The van der Waals surface area contributed by atoms with Crippen LogP contribution in [-0.2, 0) is 6.54 Å². The molecule has 134 valence electrons. The summed E-state index contributed by atoms with van der Waals surface area (Å²) in [7, 11) is 0. The van der Waals surface area contributed by atoms with Gasteiger partial charge in [0.15, 0.2) is 4.96 Å². The largest absolute Gasteiger partial charge is 0.336 e. The van der Waals surface area contributed by atoms with E-state index in [9.17, 15) is 9.59 Å². The summed E-state index contributed by atoms with van der Waals surface area (Å²) in [5.74, 6) is 0.0809. The predicted molar refractivity (Wildman–Crippen MR) is 110 cm³/mol. The Hall–Kier alpha value is -1.78. The Morgan fingerprint density at radius 1 is 1.15 bits per heavy atom. The Balaban J connectivity index is 1.39. The van der Waals surface area contributed by atoms with Gasteiger partial charge in [0.2, 0.25) is 0 Å². The zero-order valence-corrected chi connectivity index (χ0v) is 16.9. The summed E-state index contributed by atoms with van der Waals surface area (Å²) in [6, 6.07) is 9.26. The van der Waals surface area contributed by atoms with Crippen molar-refractivity contribution in [1.29, 1.82) is 0 Å². The van der Waals surface area contributed by atoms with Crippen molar-refractivity contribution in [3.8, 4) is 0 Å². The highest BCUT2D eigenvalue weighted by Gasteiger charge is 2.22. The maximum Gasteiger partial charge on any atom is 0.258 e. The number of rotatable bonds is 3. The standard InChI is InChI=1S/C18H17IN4O2S/c19-14-3-1-13(2-4-14)17(25)22-7-5-21(6-8-22)12-15-11-16(24)23-9-10-26-18(23)20-15/h1-4,9-11H,5-8,12H2. The summed E-state index contributed by atoms with van der Waals surface area (Å²) in [6.45, 7) is 3.56. The Morgan fingerprint density at radius 3 is 2.62 bits per heavy atom. The highest BCUT2D eigenvalue weighted by molar-refractivity contribution is 14.1. The van der Waals surface area contributed by atoms with E-state index in [2.05, 4.69) is 32.5 Å². The lowest BCUT2D eigenvalue weighted by atomic mass is 10.2. The van der Waals surface area contributed by atoms with Gasteiger partial charge in [-0.1, -0.05) is 0 Å². The van der Waals surface area contributed by atoms with Crippen molar-refractivity contribution < 1.29 is 4.79 Å². The SMILES string of the molecule is O=C(c1ccc(I)cc1)N1CCN(Cc2cc(=O)n3ccsc3n2)CC1. The molecule has 2 aromatic heterocycles. The average molecular weight is 480 g/mol. The summed E-state index contributed by atoms with van der Waals surface area (Å²) < 4.78 is 2.68. The number of halogens is 1. The molecule has 3 aromatic rings. The molecular formula is C18H17IN4O2S. The zero-order chi connectivity index (χ0) is 18.1. The van der Waals surface area contributed by atoms with Crippen LogP contribution < -0.4 is 5.56 Å². The van der Waals surface area contributed by atoms with Crippen molar-refractivity contribution in [3.05, 3.63) is 67.1 Å². The normalized spacial score (nSPS) is 15.5. The van der Waals surface area contributed by atoms with Crippen LogP contribution in [0.1, 0.15) is 16.1 Å². The molecule has 1 aliphatic heterocycles. The third-order valence-electron chi connectivity index (χ3n) is 4.49. The molecule has 0 spiro atoms. The van der Waals surface area contributed by atoms with Crippen LogP contribution in [0.3, 0.4) is 0 Å². The lowest BCUT2D eigenvalue weighted by Gasteiger charge is -2.34. The number of thiazole rings is 1. The summed E-state index contributed by atoms with van der Waals surface area (Å²) in [6.07, 6.45) is 1.74. The Morgan fingerprint density at radius 2 is 1.88 bits per heavy atom. The van der Waals surface area contributed by atoms with Gasteiger partial charge >= 0.3 is 0 Å². The minimum atomic E-state index is -0.0428. The van der Waals surface area contributed by atoms with Crippen LogP contribution in [0.25, 0.3) is 4.96 Å². The van der Waals surface area contributed by atoms with Gasteiger partial charge < -0.3 is 4.90 Å². The van der Waals surface area contributed by atoms with Crippen molar-refractivity contribution >= 4 is 44.8 Å². The number of carbonyl (C=O) groups is 1. The van der Waals surface area contributed by atoms with Crippen LogP contribution in [0.4, 0.5) is 0 Å². The molecule has 1 amide bonds. The number of nitrogens with zero attached hydrogens (tertiary/aromatic N) is 4. The maximum absolute atomic E-state index is 12.6. The van der Waals surface area contributed by atoms with E-state index in [1.807, 2.05) is 34.5 Å². The van der Waals surface area contributed by atoms with E-state index in [-0.39, 0.29) is 11.5 Å². The topological polar surface area (TPSA) is 57.9 Å². The Kier molecular flexibility index (Phi) is 5.05. The minimum Gasteiger partial charge on any atom is -0.336 e. The van der Waals surface area contributed by atoms with Crippen molar-refractivity contribution in [3.63, 3.8) is 0 Å². The number of amides is 1. The van der Waals surface area contributed by atoms with E-state index in [0.717, 1.165) is 32.9 Å². The molecule has 1 saturated heterocycles. The van der Waals surface area contributed by atoms with Gasteiger partial charge in [-0.25, -0.2) is 4.98 Å². The molecule has 0 N–H and O–H groups in total. The van der Waals surface area contributed by atoms with Crippen LogP contribution in [0.5, 0.6) is 0 Å². The first-order valence-corrected chi connectivity index (χ1v) is 10.3. The van der Waals surface area contributed by atoms with E-state index in [1.54, 1.807) is 16.7 Å². The van der Waals surface area contributed by atoms with Crippen LogP contribution in [0.15, 0.2) is 46.7 Å². The number of carbonyl (C=O) groups excluding carboxylic acids is 1. The van der Waals surface area contributed by atoms with E-state index in [4.69, 9.17) is 0 Å². The van der Waals surface area contributed by atoms with E-state index in [0.29, 0.717) is 19.6 Å². The van der Waals surface area contributed by atoms with Gasteiger partial charge in [0.05, 0.1) is 5.69 Å². The molecule has 3 heterocycles. The van der Waals surface area contributed by atoms with Gasteiger partial charge in [-0.05, 0) is 46.9 Å². The smallest absolute Gasteiger partial charge is 0.258 e. The summed E-state index contributed by atoms with van der Waals surface area (Å²) in [4.78, 5) is 34.1. The predicted octanol–water partition coefficient (Wildman–Crippen LogP) is 2.32. The van der Waals surface area contributed by atoms with Gasteiger partial charge in [-0.2, -0.15) is 0 Å². The van der Waals surface area contributed by atoms with Gasteiger partial charge in [0.1, 0.15) is 0 Å². The van der Waals surface area contributed by atoms with Crippen LogP contribution in [-0.4, -0.2) is 51.3 Å². The lowest BCUT2D eigenvalue weighted by molar-refractivity contribution is 0.0627. The molecule has 0 radical (unpaired) electrons. The fourth-order valence-corrected chi connectivity index (χ4v) is 4.18. The number of hydrogen-bond acceptors (Lipinski definition) is 5. The minimum absolute atomic E-state index is 0.0428. The molecule has 0 bridgehead atoms. The molecule has 0 unspecified atom stereocenters. The number of benzene rings is 1. The molecule has 6 nitrogen and oxygen atoms in total. The first-order chi connectivity index (χ1) is 12.6. The summed E-state index contributed by atoms with van der Waals surface area (Å²) in [5, 5.41) is 1.86. The Labute approximate surface area is 168 Å². The second kappa shape index (κ2) is 7.45. The fraction of sp³-hybridized carbons (Fsp3) is 0.278. The van der Waals surface area contributed by atoms with E-state index in [1.165, 1.54) is 11.3 Å². The fourth-order valence-electron chi connectivity index (χ4n) is 3.08. The van der Waals surface area contributed by atoms with E-state index >= 15 is 0 Å². The number of fused-ring (bicyclic) bond motifs is 1.